The van der Waals surface area contributed by atoms with Gasteiger partial charge in [0, 0.05) is 17.0 Å². The Labute approximate surface area is 125 Å². The number of aryl methyl sites for hydroxylation is 2. The van der Waals surface area contributed by atoms with Crippen LogP contribution in [0.3, 0.4) is 0 Å². The first-order chi connectivity index (χ1) is 9.47. The summed E-state index contributed by atoms with van der Waals surface area (Å²) >= 11 is 12.1. The van der Waals surface area contributed by atoms with E-state index < -0.39 is 0 Å². The molecule has 0 aliphatic rings. The molecule has 0 radical (unpaired) electrons. The van der Waals surface area contributed by atoms with Crippen LogP contribution < -0.4 is 5.73 Å². The van der Waals surface area contributed by atoms with Gasteiger partial charge in [-0.25, -0.2) is 4.98 Å². The number of fused-ring (bicyclic) bond motifs is 1. The Morgan fingerprint density at radius 2 is 1.70 bits per heavy atom. The second-order valence-electron chi connectivity index (χ2n) is 4.55. The van der Waals surface area contributed by atoms with Crippen LogP contribution in [0.5, 0.6) is 0 Å². The number of halogens is 2. The quantitative estimate of drug-likeness (QED) is 0.700. The van der Waals surface area contributed by atoms with Crippen LogP contribution in [0.2, 0.25) is 10.0 Å². The number of nitrogens with two attached hydrogens (primary N) is 1. The number of rotatable bonds is 1. The van der Waals surface area contributed by atoms with Crippen LogP contribution in [-0.2, 0) is 0 Å². The molecule has 0 spiro atoms. The highest BCUT2D eigenvalue weighted by molar-refractivity contribution is 6.39. The Kier molecular flexibility index (Phi) is 3.03. The fourth-order valence-corrected chi connectivity index (χ4v) is 2.62. The van der Waals surface area contributed by atoms with Crippen LogP contribution in [0.15, 0.2) is 18.2 Å². The molecule has 0 aliphatic heterocycles. The third kappa shape index (κ3) is 1.99. The predicted molar refractivity (Wildman–Crippen MR) is 80.1 cm³/mol. The second kappa shape index (κ2) is 4.61. The molecule has 0 saturated heterocycles. The maximum atomic E-state index is 6.07. The minimum Gasteiger partial charge on any atom is -0.396 e. The Morgan fingerprint density at radius 1 is 1.05 bits per heavy atom. The van der Waals surface area contributed by atoms with Crippen molar-refractivity contribution in [1.29, 1.82) is 0 Å². The first-order valence-electron chi connectivity index (χ1n) is 5.91. The SMILES string of the molecule is Cc1cc(C)n2c(-c3cc(Cl)c(N)c(Cl)c3)nnc2n1. The Bertz CT molecular complexity index is 802. The molecule has 0 bridgehead atoms. The normalized spacial score (nSPS) is 11.2. The van der Waals surface area contributed by atoms with Crippen LogP contribution in [0.25, 0.3) is 17.2 Å². The van der Waals surface area contributed by atoms with Crippen molar-refractivity contribution in [3.8, 4) is 11.4 Å². The van der Waals surface area contributed by atoms with Gasteiger partial charge in [-0.3, -0.25) is 4.40 Å². The standard InChI is InChI=1S/C13H11Cl2N5/c1-6-3-7(2)20-12(18-19-13(20)17-6)8-4-9(14)11(16)10(15)5-8/h3-5H,16H2,1-2H3. The van der Waals surface area contributed by atoms with Crippen molar-refractivity contribution in [2.75, 3.05) is 5.73 Å². The van der Waals surface area contributed by atoms with Crippen molar-refractivity contribution in [2.24, 2.45) is 0 Å². The van der Waals surface area contributed by atoms with E-state index in [0.717, 1.165) is 17.0 Å². The van der Waals surface area contributed by atoms with Gasteiger partial charge in [-0.15, -0.1) is 10.2 Å². The van der Waals surface area contributed by atoms with E-state index in [1.807, 2.05) is 24.3 Å². The van der Waals surface area contributed by atoms with Gasteiger partial charge in [-0.05, 0) is 32.0 Å². The molecule has 7 heteroatoms. The summed E-state index contributed by atoms with van der Waals surface area (Å²) in [6, 6.07) is 5.40. The summed E-state index contributed by atoms with van der Waals surface area (Å²) < 4.78 is 1.85. The van der Waals surface area contributed by atoms with E-state index in [4.69, 9.17) is 28.9 Å². The smallest absolute Gasteiger partial charge is 0.255 e. The minimum absolute atomic E-state index is 0.358. The lowest BCUT2D eigenvalue weighted by atomic mass is 10.2. The molecule has 0 saturated carbocycles. The van der Waals surface area contributed by atoms with E-state index in [9.17, 15) is 0 Å². The monoisotopic (exact) mass is 307 g/mol. The fourth-order valence-electron chi connectivity index (χ4n) is 2.13. The molecule has 0 fully saturated rings. The fraction of sp³-hybridized carbons (Fsp3) is 0.154. The molecule has 20 heavy (non-hydrogen) atoms. The number of nitrogen functional groups attached to an aromatic ring is 1. The molecular weight excluding hydrogens is 297 g/mol. The number of hydrogen-bond acceptors (Lipinski definition) is 4. The van der Waals surface area contributed by atoms with E-state index in [-0.39, 0.29) is 0 Å². The molecule has 0 aliphatic carbocycles. The minimum atomic E-state index is 0.358. The molecule has 2 heterocycles. The molecule has 102 valence electrons. The average molecular weight is 308 g/mol. The summed E-state index contributed by atoms with van der Waals surface area (Å²) in [7, 11) is 0. The van der Waals surface area contributed by atoms with Gasteiger partial charge >= 0.3 is 0 Å². The molecule has 5 nitrogen and oxygen atoms in total. The number of anilines is 1. The highest BCUT2D eigenvalue weighted by Crippen LogP contribution is 2.33. The van der Waals surface area contributed by atoms with Crippen LogP contribution in [-0.4, -0.2) is 19.6 Å². The molecule has 0 amide bonds. The Hall–Kier alpha value is -1.85. The van der Waals surface area contributed by atoms with Crippen molar-refractivity contribution in [1.82, 2.24) is 19.6 Å². The van der Waals surface area contributed by atoms with Gasteiger partial charge in [-0.1, -0.05) is 23.2 Å². The van der Waals surface area contributed by atoms with Crippen LogP contribution in [0, 0.1) is 13.8 Å². The number of aromatic nitrogens is 4. The van der Waals surface area contributed by atoms with E-state index in [1.165, 1.54) is 0 Å². The van der Waals surface area contributed by atoms with Crippen LogP contribution >= 0.6 is 23.2 Å². The summed E-state index contributed by atoms with van der Waals surface area (Å²) in [5.74, 6) is 1.18. The summed E-state index contributed by atoms with van der Waals surface area (Å²) in [6.45, 7) is 3.88. The lowest BCUT2D eigenvalue weighted by Crippen LogP contribution is -1.99. The molecular formula is C13H11Cl2N5. The second-order valence-corrected chi connectivity index (χ2v) is 5.37. The first kappa shape index (κ1) is 13.1. The highest BCUT2D eigenvalue weighted by atomic mass is 35.5. The van der Waals surface area contributed by atoms with E-state index in [2.05, 4.69) is 15.2 Å². The van der Waals surface area contributed by atoms with Crippen LogP contribution in [0.1, 0.15) is 11.4 Å². The zero-order valence-electron chi connectivity index (χ0n) is 10.9. The topological polar surface area (TPSA) is 69.1 Å². The summed E-state index contributed by atoms with van der Waals surface area (Å²) in [6.07, 6.45) is 0. The number of benzene rings is 1. The van der Waals surface area contributed by atoms with Gasteiger partial charge in [-0.2, -0.15) is 0 Å². The van der Waals surface area contributed by atoms with Gasteiger partial charge in [0.05, 0.1) is 15.7 Å². The van der Waals surface area contributed by atoms with E-state index >= 15 is 0 Å². The Morgan fingerprint density at radius 3 is 2.35 bits per heavy atom. The molecule has 3 rings (SSSR count). The lowest BCUT2D eigenvalue weighted by Gasteiger charge is -2.07. The third-order valence-electron chi connectivity index (χ3n) is 3.03. The highest BCUT2D eigenvalue weighted by Gasteiger charge is 2.14. The van der Waals surface area contributed by atoms with Crippen molar-refractivity contribution < 1.29 is 0 Å². The first-order valence-corrected chi connectivity index (χ1v) is 6.67. The van der Waals surface area contributed by atoms with Crippen molar-refractivity contribution in [2.45, 2.75) is 13.8 Å². The molecule has 0 atom stereocenters. The maximum absolute atomic E-state index is 6.07. The van der Waals surface area contributed by atoms with Gasteiger partial charge < -0.3 is 5.73 Å². The molecule has 3 aromatic rings. The van der Waals surface area contributed by atoms with Gasteiger partial charge in [0.25, 0.3) is 5.78 Å². The number of nitrogens with zero attached hydrogens (tertiary/aromatic N) is 4. The molecule has 2 aromatic heterocycles. The molecule has 2 N–H and O–H groups in total. The van der Waals surface area contributed by atoms with E-state index in [0.29, 0.717) is 27.3 Å². The van der Waals surface area contributed by atoms with Crippen LogP contribution in [0.4, 0.5) is 5.69 Å². The summed E-state index contributed by atoms with van der Waals surface area (Å²) in [5.41, 5.74) is 8.73. The van der Waals surface area contributed by atoms with Crippen molar-refractivity contribution in [3.63, 3.8) is 0 Å². The Balaban J connectivity index is 2.30. The molecule has 0 unspecified atom stereocenters. The molecule has 1 aromatic carbocycles. The third-order valence-corrected chi connectivity index (χ3v) is 3.66. The largest absolute Gasteiger partial charge is 0.396 e. The van der Waals surface area contributed by atoms with Gasteiger partial charge in [0.2, 0.25) is 0 Å². The maximum Gasteiger partial charge on any atom is 0.255 e. The predicted octanol–water partition coefficient (Wildman–Crippen LogP) is 3.30. The van der Waals surface area contributed by atoms with Crippen molar-refractivity contribution >= 4 is 34.7 Å². The zero-order chi connectivity index (χ0) is 14.4. The summed E-state index contributed by atoms with van der Waals surface area (Å²) in [4.78, 5) is 4.34. The van der Waals surface area contributed by atoms with Crippen molar-refractivity contribution in [3.05, 3.63) is 39.6 Å². The van der Waals surface area contributed by atoms with Gasteiger partial charge in [0.15, 0.2) is 5.82 Å². The van der Waals surface area contributed by atoms with Gasteiger partial charge in [0.1, 0.15) is 0 Å². The summed E-state index contributed by atoms with van der Waals surface area (Å²) in [5, 5.41) is 9.04. The lowest BCUT2D eigenvalue weighted by molar-refractivity contribution is 1.02. The number of hydrogen-bond donors (Lipinski definition) is 1. The average Bonchev–Trinajstić information content (AvgIpc) is 2.79. The zero-order valence-corrected chi connectivity index (χ0v) is 12.4. The van der Waals surface area contributed by atoms with E-state index in [1.54, 1.807) is 12.1 Å².